The first-order chi connectivity index (χ1) is 10.0. The molecule has 1 aromatic heterocycles. The molecule has 0 radical (unpaired) electrons. The second kappa shape index (κ2) is 7.09. The van der Waals surface area contributed by atoms with E-state index in [4.69, 9.17) is 11.6 Å². The molecule has 0 unspecified atom stereocenters. The molecule has 0 amide bonds. The molecular formula is C15H18BrClN4. The maximum Gasteiger partial charge on any atom is 0.139 e. The van der Waals surface area contributed by atoms with Crippen LogP contribution in [0.3, 0.4) is 0 Å². The van der Waals surface area contributed by atoms with E-state index in [2.05, 4.69) is 43.5 Å². The number of hydrogen-bond donors (Lipinski definition) is 2. The van der Waals surface area contributed by atoms with Crippen molar-refractivity contribution in [1.82, 2.24) is 9.97 Å². The smallest absolute Gasteiger partial charge is 0.139 e. The lowest BCUT2D eigenvalue weighted by Gasteiger charge is -2.14. The van der Waals surface area contributed by atoms with Gasteiger partial charge in [0.15, 0.2) is 0 Å². The van der Waals surface area contributed by atoms with Crippen molar-refractivity contribution in [3.05, 3.63) is 39.1 Å². The molecule has 0 bridgehead atoms. The molecule has 0 aliphatic heterocycles. The molecule has 2 rings (SSSR count). The number of nitrogens with zero attached hydrogens (tertiary/aromatic N) is 2. The lowest BCUT2D eigenvalue weighted by molar-refractivity contribution is 0.835. The topological polar surface area (TPSA) is 49.8 Å². The van der Waals surface area contributed by atoms with Crippen molar-refractivity contribution in [2.75, 3.05) is 17.7 Å². The van der Waals surface area contributed by atoms with Gasteiger partial charge >= 0.3 is 0 Å². The van der Waals surface area contributed by atoms with Crippen molar-refractivity contribution in [2.45, 2.75) is 26.7 Å². The van der Waals surface area contributed by atoms with E-state index in [1.54, 1.807) is 0 Å². The fraction of sp³-hybridized carbons (Fsp3) is 0.333. The van der Waals surface area contributed by atoms with Gasteiger partial charge in [-0.3, -0.25) is 0 Å². The number of hydrogen-bond acceptors (Lipinski definition) is 4. The Hall–Kier alpha value is -1.33. The fourth-order valence-electron chi connectivity index (χ4n) is 1.98. The van der Waals surface area contributed by atoms with Gasteiger partial charge in [0.1, 0.15) is 17.5 Å². The molecule has 0 aliphatic carbocycles. The average molecular weight is 370 g/mol. The van der Waals surface area contributed by atoms with Crippen molar-refractivity contribution in [2.24, 2.45) is 0 Å². The number of aromatic nitrogens is 2. The predicted octanol–water partition coefficient (Wildman–Crippen LogP) is 4.94. The van der Waals surface area contributed by atoms with E-state index in [0.717, 1.165) is 46.0 Å². The number of aryl methyl sites for hydroxylation is 1. The van der Waals surface area contributed by atoms with Crippen molar-refractivity contribution >= 4 is 44.9 Å². The van der Waals surface area contributed by atoms with Gasteiger partial charge in [-0.05, 0) is 31.5 Å². The highest BCUT2D eigenvalue weighted by molar-refractivity contribution is 9.10. The van der Waals surface area contributed by atoms with Crippen LogP contribution >= 0.6 is 27.5 Å². The van der Waals surface area contributed by atoms with Gasteiger partial charge in [0.05, 0.1) is 10.7 Å². The Balaban J connectivity index is 2.40. The lowest BCUT2D eigenvalue weighted by Crippen LogP contribution is -2.07. The number of rotatable bonds is 5. The van der Waals surface area contributed by atoms with Gasteiger partial charge in [0.2, 0.25) is 0 Å². The maximum atomic E-state index is 6.25. The fourth-order valence-corrected chi connectivity index (χ4v) is 2.70. The van der Waals surface area contributed by atoms with Crippen LogP contribution in [0, 0.1) is 6.92 Å². The molecule has 6 heteroatoms. The van der Waals surface area contributed by atoms with Crippen molar-refractivity contribution in [1.29, 1.82) is 0 Å². The Morgan fingerprint density at radius 3 is 2.57 bits per heavy atom. The molecule has 2 aromatic rings. The van der Waals surface area contributed by atoms with Crippen LogP contribution in [0.4, 0.5) is 17.3 Å². The molecule has 112 valence electrons. The highest BCUT2D eigenvalue weighted by atomic mass is 79.9. The van der Waals surface area contributed by atoms with Gasteiger partial charge in [0.25, 0.3) is 0 Å². The van der Waals surface area contributed by atoms with Gasteiger partial charge in [-0.15, -0.1) is 0 Å². The van der Waals surface area contributed by atoms with Crippen LogP contribution in [0.2, 0.25) is 5.02 Å². The molecule has 0 fully saturated rings. The van der Waals surface area contributed by atoms with Crippen molar-refractivity contribution < 1.29 is 0 Å². The van der Waals surface area contributed by atoms with E-state index in [9.17, 15) is 0 Å². The quantitative estimate of drug-likeness (QED) is 0.784. The molecule has 1 aromatic carbocycles. The summed E-state index contributed by atoms with van der Waals surface area (Å²) in [4.78, 5) is 9.11. The Kier molecular flexibility index (Phi) is 5.42. The largest absolute Gasteiger partial charge is 0.373 e. The number of halogens is 2. The highest BCUT2D eigenvalue weighted by Crippen LogP contribution is 2.30. The zero-order valence-electron chi connectivity index (χ0n) is 12.3. The first kappa shape index (κ1) is 16.0. The monoisotopic (exact) mass is 368 g/mol. The van der Waals surface area contributed by atoms with E-state index >= 15 is 0 Å². The Morgan fingerprint density at radius 1 is 1.24 bits per heavy atom. The lowest BCUT2D eigenvalue weighted by atomic mass is 10.2. The Labute approximate surface area is 138 Å². The molecule has 0 aliphatic rings. The molecule has 0 saturated heterocycles. The summed E-state index contributed by atoms with van der Waals surface area (Å²) in [5.41, 5.74) is 1.79. The van der Waals surface area contributed by atoms with E-state index in [1.165, 1.54) is 0 Å². The van der Waals surface area contributed by atoms with Gasteiger partial charge in [-0.1, -0.05) is 34.5 Å². The highest BCUT2D eigenvalue weighted by Gasteiger charge is 2.11. The van der Waals surface area contributed by atoms with Crippen molar-refractivity contribution in [3.8, 4) is 0 Å². The van der Waals surface area contributed by atoms with Crippen molar-refractivity contribution in [3.63, 3.8) is 0 Å². The summed E-state index contributed by atoms with van der Waals surface area (Å²) < 4.78 is 0.944. The minimum absolute atomic E-state index is 0.644. The first-order valence-electron chi connectivity index (χ1n) is 6.82. The molecule has 2 N–H and O–H groups in total. The SMILES string of the molecule is CCCc1nc(NC)c(C)c(Nc2ccc(Br)cc2Cl)n1. The van der Waals surface area contributed by atoms with E-state index < -0.39 is 0 Å². The van der Waals surface area contributed by atoms with Crippen LogP contribution in [0.1, 0.15) is 24.7 Å². The molecule has 1 heterocycles. The zero-order chi connectivity index (χ0) is 15.4. The summed E-state index contributed by atoms with van der Waals surface area (Å²) in [7, 11) is 1.86. The minimum Gasteiger partial charge on any atom is -0.373 e. The second-order valence-corrected chi connectivity index (χ2v) is 6.03. The van der Waals surface area contributed by atoms with Crippen LogP contribution in [-0.2, 0) is 6.42 Å². The Morgan fingerprint density at radius 2 is 1.95 bits per heavy atom. The summed E-state index contributed by atoms with van der Waals surface area (Å²) in [6.45, 7) is 4.09. The third-order valence-corrected chi connectivity index (χ3v) is 3.89. The van der Waals surface area contributed by atoms with Gasteiger partial charge < -0.3 is 10.6 Å². The molecule has 0 atom stereocenters. The number of nitrogens with one attached hydrogen (secondary N) is 2. The molecule has 0 spiro atoms. The van der Waals surface area contributed by atoms with Crippen LogP contribution < -0.4 is 10.6 Å². The maximum absolute atomic E-state index is 6.25. The summed E-state index contributed by atoms with van der Waals surface area (Å²) in [6.07, 6.45) is 1.85. The van der Waals surface area contributed by atoms with Crippen LogP contribution in [0.25, 0.3) is 0 Å². The van der Waals surface area contributed by atoms with Crippen LogP contribution in [0.5, 0.6) is 0 Å². The molecule has 4 nitrogen and oxygen atoms in total. The third kappa shape index (κ3) is 3.86. The summed E-state index contributed by atoms with van der Waals surface area (Å²) >= 11 is 9.66. The summed E-state index contributed by atoms with van der Waals surface area (Å²) in [5.74, 6) is 2.44. The molecule has 21 heavy (non-hydrogen) atoms. The second-order valence-electron chi connectivity index (χ2n) is 4.71. The summed E-state index contributed by atoms with van der Waals surface area (Å²) in [6, 6.07) is 5.72. The van der Waals surface area contributed by atoms with Crippen LogP contribution in [-0.4, -0.2) is 17.0 Å². The third-order valence-electron chi connectivity index (χ3n) is 3.09. The molecular weight excluding hydrogens is 352 g/mol. The first-order valence-corrected chi connectivity index (χ1v) is 7.99. The Bertz CT molecular complexity index is 646. The number of anilines is 3. The average Bonchev–Trinajstić information content (AvgIpc) is 2.45. The standard InChI is InChI=1S/C15H18BrClN4/c1-4-5-13-20-14(18-3)9(2)15(21-13)19-12-7-6-10(16)8-11(12)17/h6-8H,4-5H2,1-3H3,(H2,18,19,20,21). The normalized spacial score (nSPS) is 10.5. The van der Waals surface area contributed by atoms with E-state index in [-0.39, 0.29) is 0 Å². The van der Waals surface area contributed by atoms with Gasteiger partial charge in [0, 0.05) is 23.5 Å². The predicted molar refractivity (Wildman–Crippen MR) is 92.7 cm³/mol. The summed E-state index contributed by atoms with van der Waals surface area (Å²) in [5, 5.41) is 7.05. The van der Waals surface area contributed by atoms with E-state index in [0.29, 0.717) is 5.02 Å². The van der Waals surface area contributed by atoms with E-state index in [1.807, 2.05) is 32.2 Å². The van der Waals surface area contributed by atoms with Gasteiger partial charge in [-0.25, -0.2) is 9.97 Å². The molecule has 0 saturated carbocycles. The minimum atomic E-state index is 0.644. The zero-order valence-corrected chi connectivity index (χ0v) is 14.6. The number of benzene rings is 1. The van der Waals surface area contributed by atoms with Gasteiger partial charge in [-0.2, -0.15) is 0 Å². The van der Waals surface area contributed by atoms with Crippen LogP contribution in [0.15, 0.2) is 22.7 Å².